The topological polar surface area (TPSA) is 110 Å². The van der Waals surface area contributed by atoms with E-state index in [-0.39, 0.29) is 34.7 Å². The van der Waals surface area contributed by atoms with Crippen LogP contribution in [0.25, 0.3) is 0 Å². The first-order valence-corrected chi connectivity index (χ1v) is 11.6. The maximum absolute atomic E-state index is 14.3. The van der Waals surface area contributed by atoms with Crippen molar-refractivity contribution in [2.24, 2.45) is 34.5 Å². The molecule has 0 aromatic heterocycles. The number of ether oxygens (including phenoxy) is 2. The summed E-state index contributed by atoms with van der Waals surface area (Å²) in [5.74, 6) is -2.42. The molecule has 4 aliphatic rings. The third kappa shape index (κ3) is 2.98. The van der Waals surface area contributed by atoms with Crippen LogP contribution in [0.5, 0.6) is 0 Å². The van der Waals surface area contributed by atoms with Crippen molar-refractivity contribution in [3.63, 3.8) is 0 Å². The molecule has 4 aliphatic carbocycles. The highest BCUT2D eigenvalue weighted by Gasteiger charge is 2.77. The third-order valence-corrected chi connectivity index (χ3v) is 8.82. The lowest BCUT2D eigenvalue weighted by Crippen LogP contribution is -2.65. The molecule has 33 heavy (non-hydrogen) atoms. The molecule has 2 bridgehead atoms. The van der Waals surface area contributed by atoms with Crippen LogP contribution in [0.15, 0.2) is 35.1 Å². The normalized spacial score (nSPS) is 43.3. The zero-order valence-electron chi connectivity index (χ0n) is 20.3. The van der Waals surface area contributed by atoms with Crippen LogP contribution < -0.4 is 0 Å². The van der Waals surface area contributed by atoms with E-state index in [1.165, 1.54) is 13.0 Å². The molecule has 1 spiro atoms. The highest BCUT2D eigenvalue weighted by atomic mass is 16.6. The van der Waals surface area contributed by atoms with Crippen LogP contribution in [-0.4, -0.2) is 45.7 Å². The first kappa shape index (κ1) is 23.9. The van der Waals surface area contributed by atoms with E-state index < -0.39 is 41.1 Å². The number of carbonyl (C=O) groups is 3. The van der Waals surface area contributed by atoms with Crippen LogP contribution in [-0.2, 0) is 23.9 Å². The fraction of sp³-hybridized carbons (Fsp3) is 0.654. The fourth-order valence-electron chi connectivity index (χ4n) is 6.91. The number of hydrogen-bond donors (Lipinski definition) is 2. The molecular weight excluding hydrogens is 424 g/mol. The summed E-state index contributed by atoms with van der Waals surface area (Å²) in [5.41, 5.74) is -2.96. The first-order chi connectivity index (χ1) is 15.2. The van der Waals surface area contributed by atoms with Crippen molar-refractivity contribution in [3.8, 4) is 0 Å². The molecule has 2 N–H and O–H groups in total. The van der Waals surface area contributed by atoms with Crippen molar-refractivity contribution in [1.29, 1.82) is 0 Å². The van der Waals surface area contributed by atoms with E-state index >= 15 is 0 Å². The molecular formula is C26H34O7. The van der Waals surface area contributed by atoms with Gasteiger partial charge in [-0.25, -0.2) is 4.79 Å². The minimum Gasteiger partial charge on any atom is -0.451 e. The number of aliphatic hydroxyl groups is 2. The third-order valence-electron chi connectivity index (χ3n) is 8.82. The molecule has 0 amide bonds. The van der Waals surface area contributed by atoms with Gasteiger partial charge < -0.3 is 19.7 Å². The Balaban J connectivity index is 1.93. The molecule has 4 rings (SSSR count). The average Bonchev–Trinajstić information content (AvgIpc) is 3.22. The van der Waals surface area contributed by atoms with Gasteiger partial charge in [-0.3, -0.25) is 9.59 Å². The summed E-state index contributed by atoms with van der Waals surface area (Å²) in [7, 11) is 0. The Kier molecular flexibility index (Phi) is 5.34. The molecule has 0 radical (unpaired) electrons. The molecule has 7 nitrogen and oxygen atoms in total. The summed E-state index contributed by atoms with van der Waals surface area (Å²) in [6.07, 6.45) is 2.48. The van der Waals surface area contributed by atoms with Crippen molar-refractivity contribution in [1.82, 2.24) is 0 Å². The molecule has 0 aliphatic heterocycles. The number of fused-ring (bicyclic) bond motifs is 3. The van der Waals surface area contributed by atoms with Gasteiger partial charge in [0.2, 0.25) is 0 Å². The molecule has 8 unspecified atom stereocenters. The van der Waals surface area contributed by atoms with Gasteiger partial charge in [0.1, 0.15) is 11.9 Å². The molecule has 7 heteroatoms. The molecule has 0 heterocycles. The van der Waals surface area contributed by atoms with E-state index in [0.29, 0.717) is 17.6 Å². The van der Waals surface area contributed by atoms with Crippen molar-refractivity contribution in [3.05, 3.63) is 35.1 Å². The minimum absolute atomic E-state index is 0.00695. The Morgan fingerprint density at radius 2 is 1.88 bits per heavy atom. The van der Waals surface area contributed by atoms with Gasteiger partial charge in [0.05, 0.1) is 5.41 Å². The van der Waals surface area contributed by atoms with Gasteiger partial charge in [-0.05, 0) is 62.0 Å². The zero-order chi connectivity index (χ0) is 24.7. The Bertz CT molecular complexity index is 1020. The highest BCUT2D eigenvalue weighted by Crippen LogP contribution is 2.71. The van der Waals surface area contributed by atoms with Gasteiger partial charge >= 0.3 is 11.9 Å². The second kappa shape index (κ2) is 7.37. The molecule has 0 saturated heterocycles. The predicted molar refractivity (Wildman–Crippen MR) is 119 cm³/mol. The maximum Gasteiger partial charge on any atom is 0.334 e. The zero-order valence-corrected chi connectivity index (χ0v) is 20.3. The Labute approximate surface area is 194 Å². The van der Waals surface area contributed by atoms with Gasteiger partial charge in [0.25, 0.3) is 0 Å². The molecule has 180 valence electrons. The SMILES string of the molecule is CC=C(C)C(=O)OC1C(C)=CC23C(=O)C(C=C(OC(C)=O)C(O)C12O)C1C(CC3C)C1(C)C. The Morgan fingerprint density at radius 1 is 1.24 bits per heavy atom. The molecule has 8 atom stereocenters. The lowest BCUT2D eigenvalue weighted by atomic mass is 9.59. The monoisotopic (exact) mass is 458 g/mol. The summed E-state index contributed by atoms with van der Waals surface area (Å²) in [4.78, 5) is 38.9. The number of rotatable bonds is 3. The van der Waals surface area contributed by atoms with Crippen LogP contribution in [0.2, 0.25) is 0 Å². The summed E-state index contributed by atoms with van der Waals surface area (Å²) >= 11 is 0. The summed E-state index contributed by atoms with van der Waals surface area (Å²) in [5, 5.41) is 23.9. The molecule has 0 aromatic rings. The quantitative estimate of drug-likeness (QED) is 0.380. The minimum atomic E-state index is -2.21. The van der Waals surface area contributed by atoms with E-state index in [1.54, 1.807) is 32.9 Å². The van der Waals surface area contributed by atoms with E-state index in [9.17, 15) is 24.6 Å². The largest absolute Gasteiger partial charge is 0.451 e. The number of allylic oxidation sites excluding steroid dienone is 2. The second-order valence-electron chi connectivity index (χ2n) is 10.9. The van der Waals surface area contributed by atoms with E-state index in [2.05, 4.69) is 13.8 Å². The first-order valence-electron chi connectivity index (χ1n) is 11.6. The van der Waals surface area contributed by atoms with Crippen LogP contribution in [0.1, 0.15) is 54.9 Å². The standard InChI is InChI=1S/C26H34O7/c1-8-12(2)23(30)33-22-13(3)11-25-14(4)9-17-19(24(17,6)7)16(20(25)28)10-18(32-15(5)27)21(29)26(22,25)31/h8,10-11,14,16-17,19,21-22,29,31H,9H2,1-7H3. The van der Waals surface area contributed by atoms with E-state index in [0.717, 1.165) is 0 Å². The number of aliphatic hydroxyl groups excluding tert-OH is 1. The summed E-state index contributed by atoms with van der Waals surface area (Å²) < 4.78 is 11.1. The van der Waals surface area contributed by atoms with Crippen LogP contribution >= 0.6 is 0 Å². The van der Waals surface area contributed by atoms with Gasteiger partial charge in [0.15, 0.2) is 17.5 Å². The maximum atomic E-state index is 14.3. The lowest BCUT2D eigenvalue weighted by Gasteiger charge is -2.48. The second-order valence-corrected chi connectivity index (χ2v) is 10.9. The highest BCUT2D eigenvalue weighted by molar-refractivity contribution is 5.96. The number of Topliss-reactive ketones (excluding diaryl/α,β-unsaturated/α-hetero) is 1. The van der Waals surface area contributed by atoms with Crippen molar-refractivity contribution in [2.75, 3.05) is 0 Å². The smallest absolute Gasteiger partial charge is 0.334 e. The lowest BCUT2D eigenvalue weighted by molar-refractivity contribution is -0.206. The van der Waals surface area contributed by atoms with Gasteiger partial charge in [-0.2, -0.15) is 0 Å². The summed E-state index contributed by atoms with van der Waals surface area (Å²) in [6, 6.07) is 0. The number of carbonyl (C=O) groups excluding carboxylic acids is 3. The Morgan fingerprint density at radius 3 is 2.45 bits per heavy atom. The van der Waals surface area contributed by atoms with Crippen LogP contribution in [0.4, 0.5) is 0 Å². The average molecular weight is 459 g/mol. The molecule has 2 saturated carbocycles. The van der Waals surface area contributed by atoms with Gasteiger partial charge in [0, 0.05) is 18.4 Å². The van der Waals surface area contributed by atoms with Crippen molar-refractivity contribution >= 4 is 17.7 Å². The molecule has 0 aromatic carbocycles. The Hall–Kier alpha value is -2.25. The van der Waals surface area contributed by atoms with Crippen LogP contribution in [0.3, 0.4) is 0 Å². The van der Waals surface area contributed by atoms with Gasteiger partial charge in [-0.1, -0.05) is 32.9 Å². The predicted octanol–water partition coefficient (Wildman–Crippen LogP) is 2.86. The summed E-state index contributed by atoms with van der Waals surface area (Å²) in [6.45, 7) is 12.3. The van der Waals surface area contributed by atoms with Crippen molar-refractivity contribution in [2.45, 2.75) is 72.7 Å². The van der Waals surface area contributed by atoms with E-state index in [4.69, 9.17) is 9.47 Å². The number of ketones is 1. The molecule has 2 fully saturated rings. The number of esters is 2. The van der Waals surface area contributed by atoms with Crippen molar-refractivity contribution < 1.29 is 34.1 Å². The van der Waals surface area contributed by atoms with Gasteiger partial charge in [-0.15, -0.1) is 0 Å². The van der Waals surface area contributed by atoms with E-state index in [1.807, 2.05) is 6.92 Å². The fourth-order valence-corrected chi connectivity index (χ4v) is 6.91. The number of hydrogen-bond acceptors (Lipinski definition) is 7. The van der Waals surface area contributed by atoms with Crippen LogP contribution in [0, 0.1) is 34.5 Å².